The van der Waals surface area contributed by atoms with Gasteiger partial charge in [-0.3, -0.25) is 4.79 Å². The molecule has 1 aliphatic heterocycles. The van der Waals surface area contributed by atoms with Crippen molar-refractivity contribution in [2.75, 3.05) is 12.3 Å². The lowest BCUT2D eigenvalue weighted by molar-refractivity contribution is -0.142. The van der Waals surface area contributed by atoms with Crippen LogP contribution in [-0.2, 0) is 14.8 Å². The minimum Gasteiger partial charge on any atom is -0.480 e. The molecule has 0 aromatic heterocycles. The van der Waals surface area contributed by atoms with Crippen LogP contribution in [0.3, 0.4) is 0 Å². The number of carboxylic acids is 1. The number of aliphatic carboxylic acids is 1. The Morgan fingerprint density at radius 1 is 1.41 bits per heavy atom. The van der Waals surface area contributed by atoms with E-state index in [9.17, 15) is 13.2 Å². The summed E-state index contributed by atoms with van der Waals surface area (Å²) < 4.78 is 25.3. The standard InChI is InChI=1S/C11H21NO4S/c1-9(2)6-8-17(15,16)12-7-4-3-5-10(12)11(13)14/h9-10H,3-8H2,1-2H3,(H,13,14). The van der Waals surface area contributed by atoms with Crippen molar-refractivity contribution in [3.63, 3.8) is 0 Å². The quantitative estimate of drug-likeness (QED) is 0.811. The Hall–Kier alpha value is -0.620. The van der Waals surface area contributed by atoms with Gasteiger partial charge in [-0.25, -0.2) is 8.42 Å². The molecule has 0 radical (unpaired) electrons. The van der Waals surface area contributed by atoms with E-state index >= 15 is 0 Å². The van der Waals surface area contributed by atoms with Crippen molar-refractivity contribution in [2.45, 2.75) is 45.6 Å². The van der Waals surface area contributed by atoms with Crippen LogP contribution in [0.1, 0.15) is 39.5 Å². The van der Waals surface area contributed by atoms with Crippen molar-refractivity contribution < 1.29 is 18.3 Å². The Kier molecular flexibility index (Phi) is 4.94. The van der Waals surface area contributed by atoms with Crippen LogP contribution in [0.2, 0.25) is 0 Å². The van der Waals surface area contributed by atoms with E-state index in [0.29, 0.717) is 25.3 Å². The maximum Gasteiger partial charge on any atom is 0.322 e. The molecule has 0 aliphatic carbocycles. The summed E-state index contributed by atoms with van der Waals surface area (Å²) in [6, 6.07) is -0.860. The lowest BCUT2D eigenvalue weighted by Gasteiger charge is -2.32. The largest absolute Gasteiger partial charge is 0.480 e. The number of rotatable bonds is 5. The van der Waals surface area contributed by atoms with Crippen molar-refractivity contribution in [3.05, 3.63) is 0 Å². The zero-order valence-electron chi connectivity index (χ0n) is 10.4. The van der Waals surface area contributed by atoms with Crippen LogP contribution in [0.4, 0.5) is 0 Å². The number of carboxylic acid groups (broad SMARTS) is 1. The SMILES string of the molecule is CC(C)CCS(=O)(=O)N1CCCCC1C(=O)O. The maximum absolute atomic E-state index is 12.1. The van der Waals surface area contributed by atoms with E-state index in [0.717, 1.165) is 12.8 Å². The highest BCUT2D eigenvalue weighted by Gasteiger charge is 2.36. The van der Waals surface area contributed by atoms with E-state index in [1.807, 2.05) is 13.8 Å². The molecular weight excluding hydrogens is 242 g/mol. The van der Waals surface area contributed by atoms with Crippen LogP contribution in [0, 0.1) is 5.92 Å². The molecular formula is C11H21NO4S. The summed E-state index contributed by atoms with van der Waals surface area (Å²) in [5.41, 5.74) is 0. The van der Waals surface area contributed by atoms with Crippen molar-refractivity contribution in [1.82, 2.24) is 4.31 Å². The molecule has 1 saturated heterocycles. The maximum atomic E-state index is 12.1. The van der Waals surface area contributed by atoms with Crippen LogP contribution in [-0.4, -0.2) is 42.1 Å². The van der Waals surface area contributed by atoms with Crippen molar-refractivity contribution >= 4 is 16.0 Å². The fourth-order valence-corrected chi connectivity index (χ4v) is 3.98. The second-order valence-electron chi connectivity index (χ2n) is 4.96. The molecule has 0 saturated carbocycles. The van der Waals surface area contributed by atoms with Gasteiger partial charge in [-0.1, -0.05) is 13.8 Å². The predicted molar refractivity (Wildman–Crippen MR) is 65.2 cm³/mol. The second-order valence-corrected chi connectivity index (χ2v) is 7.00. The normalized spacial score (nSPS) is 22.9. The van der Waals surface area contributed by atoms with E-state index in [1.54, 1.807) is 0 Å². The zero-order chi connectivity index (χ0) is 13.1. The summed E-state index contributed by atoms with van der Waals surface area (Å²) in [6.07, 6.45) is 2.54. The molecule has 1 fully saturated rings. The molecule has 5 nitrogen and oxygen atoms in total. The molecule has 1 unspecified atom stereocenters. The number of hydrogen-bond donors (Lipinski definition) is 1. The molecule has 0 aromatic carbocycles. The lowest BCUT2D eigenvalue weighted by Crippen LogP contribution is -2.48. The Balaban J connectivity index is 2.76. The molecule has 1 rings (SSSR count). The first-order chi connectivity index (χ1) is 7.84. The fraction of sp³-hybridized carbons (Fsp3) is 0.909. The van der Waals surface area contributed by atoms with Gasteiger partial charge in [-0.05, 0) is 31.6 Å². The van der Waals surface area contributed by atoms with Crippen LogP contribution in [0.5, 0.6) is 0 Å². The highest BCUT2D eigenvalue weighted by molar-refractivity contribution is 7.89. The van der Waals surface area contributed by atoms with E-state index in [1.165, 1.54) is 4.31 Å². The molecule has 6 heteroatoms. The first-order valence-electron chi connectivity index (χ1n) is 6.07. The molecule has 1 atom stereocenters. The first kappa shape index (κ1) is 14.4. The topological polar surface area (TPSA) is 74.7 Å². The smallest absolute Gasteiger partial charge is 0.322 e. The van der Waals surface area contributed by atoms with Crippen LogP contribution in [0.25, 0.3) is 0 Å². The minimum atomic E-state index is -3.42. The predicted octanol–water partition coefficient (Wildman–Crippen LogP) is 1.30. The molecule has 100 valence electrons. The number of sulfonamides is 1. The zero-order valence-corrected chi connectivity index (χ0v) is 11.2. The summed E-state index contributed by atoms with van der Waals surface area (Å²) in [5, 5.41) is 9.04. The van der Waals surface area contributed by atoms with Gasteiger partial charge in [0.1, 0.15) is 6.04 Å². The van der Waals surface area contributed by atoms with Gasteiger partial charge in [-0.15, -0.1) is 0 Å². The van der Waals surface area contributed by atoms with Gasteiger partial charge in [0.2, 0.25) is 10.0 Å². The van der Waals surface area contributed by atoms with Crippen LogP contribution >= 0.6 is 0 Å². The van der Waals surface area contributed by atoms with E-state index in [4.69, 9.17) is 5.11 Å². The molecule has 1 heterocycles. The number of hydrogen-bond acceptors (Lipinski definition) is 3. The second kappa shape index (κ2) is 5.82. The Labute approximate surface area is 103 Å². The van der Waals surface area contributed by atoms with Crippen molar-refractivity contribution in [3.8, 4) is 0 Å². The van der Waals surface area contributed by atoms with Gasteiger partial charge < -0.3 is 5.11 Å². The third kappa shape index (κ3) is 3.96. The first-order valence-corrected chi connectivity index (χ1v) is 7.68. The Morgan fingerprint density at radius 3 is 2.59 bits per heavy atom. The monoisotopic (exact) mass is 263 g/mol. The van der Waals surface area contributed by atoms with E-state index in [2.05, 4.69) is 0 Å². The number of carbonyl (C=O) groups is 1. The lowest BCUT2D eigenvalue weighted by atomic mass is 10.1. The van der Waals surface area contributed by atoms with Gasteiger partial charge >= 0.3 is 5.97 Å². The molecule has 0 amide bonds. The molecule has 17 heavy (non-hydrogen) atoms. The summed E-state index contributed by atoms with van der Waals surface area (Å²) in [4.78, 5) is 11.0. The Bertz CT molecular complexity index is 364. The molecule has 0 spiro atoms. The van der Waals surface area contributed by atoms with Crippen molar-refractivity contribution in [1.29, 1.82) is 0 Å². The summed E-state index contributed by atoms with van der Waals surface area (Å²) in [7, 11) is -3.42. The highest BCUT2D eigenvalue weighted by atomic mass is 32.2. The van der Waals surface area contributed by atoms with Gasteiger partial charge in [0.05, 0.1) is 5.75 Å². The van der Waals surface area contributed by atoms with Gasteiger partial charge in [0.25, 0.3) is 0 Å². The van der Waals surface area contributed by atoms with Crippen LogP contribution < -0.4 is 0 Å². The summed E-state index contributed by atoms with van der Waals surface area (Å²) >= 11 is 0. The molecule has 0 aromatic rings. The van der Waals surface area contributed by atoms with Crippen LogP contribution in [0.15, 0.2) is 0 Å². The average Bonchev–Trinajstić information content (AvgIpc) is 2.26. The van der Waals surface area contributed by atoms with Crippen molar-refractivity contribution in [2.24, 2.45) is 5.92 Å². The highest BCUT2D eigenvalue weighted by Crippen LogP contribution is 2.22. The van der Waals surface area contributed by atoms with Gasteiger partial charge in [-0.2, -0.15) is 4.31 Å². The summed E-state index contributed by atoms with van der Waals surface area (Å²) in [5.74, 6) is -0.676. The fourth-order valence-electron chi connectivity index (χ4n) is 1.99. The number of nitrogens with zero attached hydrogens (tertiary/aromatic N) is 1. The third-order valence-electron chi connectivity index (χ3n) is 3.05. The summed E-state index contributed by atoms with van der Waals surface area (Å²) in [6.45, 7) is 4.26. The van der Waals surface area contributed by atoms with E-state index < -0.39 is 22.0 Å². The average molecular weight is 263 g/mol. The van der Waals surface area contributed by atoms with Gasteiger partial charge in [0.15, 0.2) is 0 Å². The molecule has 1 aliphatic rings. The minimum absolute atomic E-state index is 0.0500. The molecule has 0 bridgehead atoms. The van der Waals surface area contributed by atoms with Gasteiger partial charge in [0, 0.05) is 6.54 Å². The Morgan fingerprint density at radius 2 is 2.06 bits per heavy atom. The third-order valence-corrected chi connectivity index (χ3v) is 4.95. The van der Waals surface area contributed by atoms with E-state index in [-0.39, 0.29) is 5.75 Å². The number of piperidine rings is 1. The molecule has 1 N–H and O–H groups in total.